The van der Waals surface area contributed by atoms with Crippen LogP contribution in [-0.4, -0.2) is 40.5 Å². The van der Waals surface area contributed by atoms with Gasteiger partial charge in [-0.2, -0.15) is 8.42 Å². The third-order valence-electron chi connectivity index (χ3n) is 6.75. The van der Waals surface area contributed by atoms with Crippen LogP contribution in [0.4, 0.5) is 0 Å². The van der Waals surface area contributed by atoms with Crippen LogP contribution >= 0.6 is 0 Å². The minimum absolute atomic E-state index is 0.168. The summed E-state index contributed by atoms with van der Waals surface area (Å²) in [4.78, 5) is 4.10. The van der Waals surface area contributed by atoms with E-state index in [-0.39, 0.29) is 11.5 Å². The topological polar surface area (TPSA) is 90.7 Å². The number of aromatic hydroxyl groups is 1. The van der Waals surface area contributed by atoms with Crippen molar-refractivity contribution < 1.29 is 22.4 Å². The quantitative estimate of drug-likeness (QED) is 0.385. The van der Waals surface area contributed by atoms with Gasteiger partial charge in [0.2, 0.25) is 0 Å². The van der Waals surface area contributed by atoms with Crippen molar-refractivity contribution >= 4 is 21.3 Å². The largest absolute Gasteiger partial charge is 0.508 e. The zero-order valence-corrected chi connectivity index (χ0v) is 20.3. The maximum absolute atomic E-state index is 13.4. The number of ether oxygens (including phenoxy) is 1. The number of fused-ring (bicyclic) bond motifs is 2. The second-order valence-corrected chi connectivity index (χ2v) is 10.9. The molecule has 36 heavy (non-hydrogen) atoms. The fourth-order valence-corrected chi connectivity index (χ4v) is 6.42. The highest BCUT2D eigenvalue weighted by Crippen LogP contribution is 2.51. The Balaban J connectivity index is 1.40. The third-order valence-corrected chi connectivity index (χ3v) is 8.36. The molecule has 0 aliphatic carbocycles. The van der Waals surface area contributed by atoms with Gasteiger partial charge in [0.1, 0.15) is 22.9 Å². The highest BCUT2D eigenvalue weighted by atomic mass is 32.2. The summed E-state index contributed by atoms with van der Waals surface area (Å²) in [5.74, 6) is 0.457. The highest BCUT2D eigenvalue weighted by molar-refractivity contribution is 7.87. The molecule has 2 aliphatic heterocycles. The second kappa shape index (κ2) is 8.65. The molecule has 6 rings (SSSR count). The van der Waals surface area contributed by atoms with Crippen molar-refractivity contribution in [3.05, 3.63) is 108 Å². The van der Waals surface area contributed by atoms with Crippen LogP contribution in [0.15, 0.2) is 91.5 Å². The molecule has 3 atom stereocenters. The van der Waals surface area contributed by atoms with Gasteiger partial charge in [-0.1, -0.05) is 42.0 Å². The van der Waals surface area contributed by atoms with Gasteiger partial charge in [0, 0.05) is 24.5 Å². The van der Waals surface area contributed by atoms with Crippen LogP contribution in [0.1, 0.15) is 23.1 Å². The molecule has 3 heterocycles. The molecule has 1 aromatic heterocycles. The smallest absolute Gasteiger partial charge is 0.315 e. The fraction of sp³-hybridized carbons (Fsp3) is 0.179. The van der Waals surface area contributed by atoms with Gasteiger partial charge in [-0.25, -0.2) is 4.98 Å². The van der Waals surface area contributed by atoms with Gasteiger partial charge in [-0.05, 0) is 65.6 Å². The Kier molecular flexibility index (Phi) is 5.43. The van der Waals surface area contributed by atoms with Gasteiger partial charge in [-0.3, -0.25) is 0 Å². The van der Waals surface area contributed by atoms with Crippen LogP contribution in [-0.2, 0) is 14.9 Å². The number of nitrogens with zero attached hydrogens (tertiary/aromatic N) is 2. The molecular formula is C28H24N2O5S. The van der Waals surface area contributed by atoms with Gasteiger partial charge in [0.25, 0.3) is 0 Å². The molecule has 0 saturated carbocycles. The number of benzene rings is 3. The van der Waals surface area contributed by atoms with E-state index in [1.807, 2.05) is 66.2 Å². The highest BCUT2D eigenvalue weighted by Gasteiger charge is 2.53. The molecule has 4 aromatic rings. The van der Waals surface area contributed by atoms with Crippen molar-refractivity contribution in [2.24, 2.45) is 0 Å². The molecule has 1 fully saturated rings. The Bertz CT molecular complexity index is 1530. The van der Waals surface area contributed by atoms with E-state index >= 15 is 0 Å². The Morgan fingerprint density at radius 3 is 2.28 bits per heavy atom. The molecule has 7 nitrogen and oxygen atoms in total. The molecule has 1 unspecified atom stereocenters. The third kappa shape index (κ3) is 3.98. The summed E-state index contributed by atoms with van der Waals surface area (Å²) in [5, 5.41) is 8.95. The summed E-state index contributed by atoms with van der Waals surface area (Å²) in [6.45, 7) is 1.93. The van der Waals surface area contributed by atoms with Crippen LogP contribution in [0.3, 0.4) is 0 Å². The number of hydrogen-bond acceptors (Lipinski definition) is 6. The SMILES string of the molecule is Cc1ccc(OS(=O)(=O)C2C[C@H]3O[C@@H]2C(c2ccc(-n4ccnc4)cc2)=C3c2ccc(O)cc2)cc1. The average molecular weight is 501 g/mol. The lowest BCUT2D eigenvalue weighted by molar-refractivity contribution is 0.128. The van der Waals surface area contributed by atoms with Crippen molar-refractivity contribution in [3.8, 4) is 17.2 Å². The van der Waals surface area contributed by atoms with E-state index < -0.39 is 27.6 Å². The lowest BCUT2D eigenvalue weighted by atomic mass is 9.83. The van der Waals surface area contributed by atoms with Crippen LogP contribution in [0.2, 0.25) is 0 Å². The first kappa shape index (κ1) is 22.6. The van der Waals surface area contributed by atoms with E-state index in [0.717, 1.165) is 33.5 Å². The van der Waals surface area contributed by atoms with E-state index in [1.165, 1.54) is 0 Å². The number of hydrogen-bond donors (Lipinski definition) is 1. The molecule has 1 saturated heterocycles. The number of aromatic nitrogens is 2. The van der Waals surface area contributed by atoms with Crippen molar-refractivity contribution in [2.45, 2.75) is 30.8 Å². The lowest BCUT2D eigenvalue weighted by Crippen LogP contribution is -2.35. The van der Waals surface area contributed by atoms with Crippen molar-refractivity contribution in [1.29, 1.82) is 0 Å². The summed E-state index contributed by atoms with van der Waals surface area (Å²) in [6, 6.07) is 21.8. The number of imidazole rings is 1. The first-order valence-corrected chi connectivity index (χ1v) is 13.1. The average Bonchev–Trinajstić information content (AvgIpc) is 3.63. The summed E-state index contributed by atoms with van der Waals surface area (Å²) in [5.41, 5.74) is 5.51. The van der Waals surface area contributed by atoms with E-state index in [1.54, 1.807) is 36.8 Å². The standard InChI is InChI=1S/C28H24N2O5S/c1-18-2-12-23(13-3-18)35-36(32,33)25-16-24-26(19-6-10-22(31)11-7-19)27(28(25)34-24)20-4-8-21(9-5-20)30-15-14-29-17-30/h2-15,17,24-25,28,31H,16H2,1H3/t24-,25?,28+/m1/s1. The molecule has 2 aliphatic rings. The summed E-state index contributed by atoms with van der Waals surface area (Å²) >= 11 is 0. The monoisotopic (exact) mass is 500 g/mol. The van der Waals surface area contributed by atoms with E-state index in [9.17, 15) is 13.5 Å². The molecule has 182 valence electrons. The van der Waals surface area contributed by atoms with Crippen molar-refractivity contribution in [2.75, 3.05) is 0 Å². The zero-order valence-electron chi connectivity index (χ0n) is 19.5. The second-order valence-electron chi connectivity index (χ2n) is 9.10. The van der Waals surface area contributed by atoms with Crippen LogP contribution in [0.25, 0.3) is 16.8 Å². The zero-order chi connectivity index (χ0) is 24.9. The molecule has 0 amide bonds. The van der Waals surface area contributed by atoms with E-state index in [0.29, 0.717) is 6.42 Å². The summed E-state index contributed by atoms with van der Waals surface area (Å²) < 4.78 is 40.5. The number of phenols is 1. The van der Waals surface area contributed by atoms with Crippen LogP contribution in [0.5, 0.6) is 11.5 Å². The minimum atomic E-state index is -3.97. The maximum atomic E-state index is 13.4. The first-order chi connectivity index (χ1) is 17.4. The predicted molar refractivity (Wildman–Crippen MR) is 136 cm³/mol. The Morgan fingerprint density at radius 2 is 1.61 bits per heavy atom. The van der Waals surface area contributed by atoms with Crippen molar-refractivity contribution in [3.63, 3.8) is 0 Å². The normalized spacial score (nSPS) is 21.2. The molecule has 8 heteroatoms. The minimum Gasteiger partial charge on any atom is -0.508 e. The van der Waals surface area contributed by atoms with E-state index in [4.69, 9.17) is 8.92 Å². The molecule has 2 bridgehead atoms. The van der Waals surface area contributed by atoms with Gasteiger partial charge in [0.05, 0.1) is 12.4 Å². The van der Waals surface area contributed by atoms with Gasteiger partial charge < -0.3 is 18.6 Å². The van der Waals surface area contributed by atoms with Gasteiger partial charge in [0.15, 0.2) is 0 Å². The Labute approximate surface area is 209 Å². The molecule has 3 aromatic carbocycles. The number of phenolic OH excluding ortho intramolecular Hbond substituents is 1. The molecular weight excluding hydrogens is 476 g/mol. The predicted octanol–water partition coefficient (Wildman–Crippen LogP) is 4.75. The number of rotatable bonds is 6. The van der Waals surface area contributed by atoms with Gasteiger partial charge >= 0.3 is 10.1 Å². The molecule has 0 spiro atoms. The van der Waals surface area contributed by atoms with E-state index in [2.05, 4.69) is 4.98 Å². The van der Waals surface area contributed by atoms with Crippen LogP contribution in [0, 0.1) is 6.92 Å². The number of aryl methyl sites for hydroxylation is 1. The lowest BCUT2D eigenvalue weighted by Gasteiger charge is -2.25. The summed E-state index contributed by atoms with van der Waals surface area (Å²) in [6.07, 6.45) is 4.53. The first-order valence-electron chi connectivity index (χ1n) is 11.7. The fourth-order valence-electron chi connectivity index (χ4n) is 5.01. The molecule has 0 radical (unpaired) electrons. The molecule has 1 N–H and O–H groups in total. The maximum Gasteiger partial charge on any atom is 0.315 e. The van der Waals surface area contributed by atoms with Crippen molar-refractivity contribution in [1.82, 2.24) is 9.55 Å². The Hall–Kier alpha value is -3.88. The van der Waals surface area contributed by atoms with Crippen LogP contribution < -0.4 is 4.18 Å². The summed E-state index contributed by atoms with van der Waals surface area (Å²) in [7, 11) is -3.97. The van der Waals surface area contributed by atoms with Gasteiger partial charge in [-0.15, -0.1) is 0 Å². The Morgan fingerprint density at radius 1 is 0.944 bits per heavy atom.